The number of ether oxygens (including phenoxy) is 2. The van der Waals surface area contributed by atoms with Crippen LogP contribution < -0.4 is 4.90 Å². The summed E-state index contributed by atoms with van der Waals surface area (Å²) in [5, 5.41) is 0. The van der Waals surface area contributed by atoms with Gasteiger partial charge in [-0.15, -0.1) is 0 Å². The van der Waals surface area contributed by atoms with Gasteiger partial charge in [0.15, 0.2) is 0 Å². The molecule has 3 rings (SSSR count). The van der Waals surface area contributed by atoms with Gasteiger partial charge in [-0.25, -0.2) is 4.79 Å². The zero-order valence-electron chi connectivity index (χ0n) is 25.0. The fourth-order valence-electron chi connectivity index (χ4n) is 3.85. The first-order chi connectivity index (χ1) is 19.2. The Morgan fingerprint density at radius 2 is 1.41 bits per heavy atom. The third-order valence-corrected chi connectivity index (χ3v) is 7.75. The minimum Gasteiger partial charge on any atom is -0.443 e. The van der Waals surface area contributed by atoms with Gasteiger partial charge in [-0.1, -0.05) is 66.2 Å². The van der Waals surface area contributed by atoms with Crippen molar-refractivity contribution in [1.82, 2.24) is 0 Å². The van der Waals surface area contributed by atoms with Crippen LogP contribution >= 0.6 is 0 Å². The zero-order valence-corrected chi connectivity index (χ0v) is 25.8. The molecule has 0 aliphatic heterocycles. The van der Waals surface area contributed by atoms with Crippen molar-refractivity contribution in [3.05, 3.63) is 95.1 Å². The number of anilines is 1. The smallest absolute Gasteiger partial charge is 0.414 e. The maximum absolute atomic E-state index is 12.5. The van der Waals surface area contributed by atoms with Crippen molar-refractivity contribution in [2.75, 3.05) is 18.6 Å². The van der Waals surface area contributed by atoms with Crippen molar-refractivity contribution >= 4 is 34.1 Å². The van der Waals surface area contributed by atoms with Crippen molar-refractivity contribution in [1.29, 1.82) is 0 Å². The molecule has 41 heavy (non-hydrogen) atoms. The standard InChI is InChI=1S/C33H41NO6S/c1-24-8-20-31(21-9-24)41(36,37)40-25(2)22-23-38-26(3)29-16-12-27(13-17-29)10-11-28-14-18-30(19-15-28)34(7)32(35)39-33(4,5)6/h8-21,25-26H,22-23H2,1-7H3. The van der Waals surface area contributed by atoms with Crippen LogP contribution in [0.2, 0.25) is 0 Å². The maximum atomic E-state index is 12.5. The molecular formula is C33H41NO6S. The predicted molar refractivity (Wildman–Crippen MR) is 164 cm³/mol. The Bertz CT molecular complexity index is 1410. The van der Waals surface area contributed by atoms with Gasteiger partial charge in [0, 0.05) is 19.3 Å². The summed E-state index contributed by atoms with van der Waals surface area (Å²) >= 11 is 0. The van der Waals surface area contributed by atoms with Crippen LogP contribution in [0.5, 0.6) is 0 Å². The van der Waals surface area contributed by atoms with Crippen LogP contribution in [-0.4, -0.2) is 39.9 Å². The van der Waals surface area contributed by atoms with Gasteiger partial charge in [0.05, 0.1) is 17.1 Å². The SMILES string of the molecule is Cc1ccc(S(=O)(=O)OC(C)CCOC(C)c2ccc(C=Cc3ccc(N(C)C(=O)OC(C)(C)C)cc3)cc2)cc1. The summed E-state index contributed by atoms with van der Waals surface area (Å²) in [7, 11) is -2.12. The van der Waals surface area contributed by atoms with E-state index in [1.165, 1.54) is 4.90 Å². The fourth-order valence-corrected chi connectivity index (χ4v) is 4.96. The van der Waals surface area contributed by atoms with E-state index in [-0.39, 0.29) is 11.0 Å². The summed E-state index contributed by atoms with van der Waals surface area (Å²) in [6, 6.07) is 22.4. The van der Waals surface area contributed by atoms with E-state index in [0.717, 1.165) is 27.9 Å². The van der Waals surface area contributed by atoms with Gasteiger partial charge in [0.25, 0.3) is 10.1 Å². The van der Waals surface area contributed by atoms with Crippen LogP contribution in [0, 0.1) is 6.92 Å². The fraction of sp³-hybridized carbons (Fsp3) is 0.364. The third kappa shape index (κ3) is 10.1. The van der Waals surface area contributed by atoms with Gasteiger partial charge in [-0.3, -0.25) is 9.08 Å². The highest BCUT2D eigenvalue weighted by atomic mass is 32.2. The summed E-state index contributed by atoms with van der Waals surface area (Å²) in [6.45, 7) is 11.5. The van der Waals surface area contributed by atoms with E-state index in [1.54, 1.807) is 38.2 Å². The number of benzene rings is 3. The number of amides is 1. The van der Waals surface area contributed by atoms with Crippen LogP contribution in [0.25, 0.3) is 12.2 Å². The molecule has 0 saturated heterocycles. The molecule has 7 nitrogen and oxygen atoms in total. The van der Waals surface area contributed by atoms with Crippen molar-refractivity contribution in [2.24, 2.45) is 0 Å². The maximum Gasteiger partial charge on any atom is 0.414 e. The minimum absolute atomic E-state index is 0.150. The second kappa shape index (κ2) is 13.9. The van der Waals surface area contributed by atoms with E-state index >= 15 is 0 Å². The summed E-state index contributed by atoms with van der Waals surface area (Å²) < 4.78 is 41.6. The van der Waals surface area contributed by atoms with Gasteiger partial charge in [-0.05, 0) is 88.9 Å². The highest BCUT2D eigenvalue weighted by Gasteiger charge is 2.21. The second-order valence-electron chi connectivity index (χ2n) is 11.1. The van der Waals surface area contributed by atoms with Gasteiger partial charge in [0.2, 0.25) is 0 Å². The molecule has 2 atom stereocenters. The second-order valence-corrected chi connectivity index (χ2v) is 12.7. The lowest BCUT2D eigenvalue weighted by molar-refractivity contribution is 0.0464. The molecule has 3 aromatic carbocycles. The average molecular weight is 580 g/mol. The number of carbonyl (C=O) groups is 1. The quantitative estimate of drug-likeness (QED) is 0.170. The Morgan fingerprint density at radius 1 is 0.878 bits per heavy atom. The number of rotatable bonds is 11. The molecule has 0 saturated carbocycles. The van der Waals surface area contributed by atoms with Crippen molar-refractivity contribution in [2.45, 2.75) is 70.7 Å². The molecule has 220 valence electrons. The first kappa shape index (κ1) is 32.1. The van der Waals surface area contributed by atoms with Crippen LogP contribution in [0.4, 0.5) is 10.5 Å². The first-order valence-electron chi connectivity index (χ1n) is 13.7. The number of carbonyl (C=O) groups excluding carboxylic acids is 1. The van der Waals surface area contributed by atoms with Gasteiger partial charge < -0.3 is 9.47 Å². The molecule has 0 bridgehead atoms. The molecule has 0 heterocycles. The number of hydrogen-bond acceptors (Lipinski definition) is 6. The molecule has 8 heteroatoms. The van der Waals surface area contributed by atoms with E-state index in [1.807, 2.05) is 95.3 Å². The Balaban J connectivity index is 1.47. The third-order valence-electron chi connectivity index (χ3n) is 6.31. The lowest BCUT2D eigenvalue weighted by atomic mass is 10.1. The van der Waals surface area contributed by atoms with Crippen LogP contribution in [0.1, 0.15) is 69.4 Å². The predicted octanol–water partition coefficient (Wildman–Crippen LogP) is 7.80. The highest BCUT2D eigenvalue weighted by Crippen LogP contribution is 2.22. The minimum atomic E-state index is -3.81. The first-order valence-corrected chi connectivity index (χ1v) is 15.1. The highest BCUT2D eigenvalue weighted by molar-refractivity contribution is 7.86. The molecule has 0 aliphatic rings. The Hall–Kier alpha value is -3.46. The van der Waals surface area contributed by atoms with Crippen LogP contribution in [-0.2, 0) is 23.8 Å². The van der Waals surface area contributed by atoms with E-state index in [4.69, 9.17) is 13.7 Å². The van der Waals surface area contributed by atoms with Crippen molar-refractivity contribution in [3.8, 4) is 0 Å². The molecule has 0 aliphatic carbocycles. The number of aryl methyl sites for hydroxylation is 1. The van der Waals surface area contributed by atoms with Gasteiger partial charge in [0.1, 0.15) is 5.60 Å². The zero-order chi connectivity index (χ0) is 30.2. The Morgan fingerprint density at radius 3 is 1.95 bits per heavy atom. The largest absolute Gasteiger partial charge is 0.443 e. The van der Waals surface area contributed by atoms with Crippen LogP contribution in [0.15, 0.2) is 77.7 Å². The summed E-state index contributed by atoms with van der Waals surface area (Å²) in [6.07, 6.45) is 3.43. The number of nitrogens with zero attached hydrogens (tertiary/aromatic N) is 1. The summed E-state index contributed by atoms with van der Waals surface area (Å²) in [4.78, 5) is 13.9. The van der Waals surface area contributed by atoms with Crippen LogP contribution in [0.3, 0.4) is 0 Å². The molecule has 0 radical (unpaired) electrons. The van der Waals surface area contributed by atoms with E-state index in [2.05, 4.69) is 0 Å². The molecule has 1 amide bonds. The van der Waals surface area contributed by atoms with E-state index in [9.17, 15) is 13.2 Å². The molecular weight excluding hydrogens is 538 g/mol. The topological polar surface area (TPSA) is 82.1 Å². The molecule has 0 fully saturated rings. The molecule has 0 N–H and O–H groups in total. The Kier molecular flexibility index (Phi) is 10.9. The average Bonchev–Trinajstić information content (AvgIpc) is 2.91. The lowest BCUT2D eigenvalue weighted by Crippen LogP contribution is -2.34. The lowest BCUT2D eigenvalue weighted by Gasteiger charge is -2.24. The summed E-state index contributed by atoms with van der Waals surface area (Å²) in [5.74, 6) is 0. The van der Waals surface area contributed by atoms with E-state index in [0.29, 0.717) is 13.0 Å². The van der Waals surface area contributed by atoms with E-state index < -0.39 is 27.9 Å². The monoisotopic (exact) mass is 579 g/mol. The normalized spacial score (nSPS) is 13.6. The van der Waals surface area contributed by atoms with Gasteiger partial charge >= 0.3 is 6.09 Å². The molecule has 0 spiro atoms. The van der Waals surface area contributed by atoms with Gasteiger partial charge in [-0.2, -0.15) is 8.42 Å². The summed E-state index contributed by atoms with van der Waals surface area (Å²) in [5.41, 5.74) is 4.27. The molecule has 3 aromatic rings. The van der Waals surface area contributed by atoms with Crippen molar-refractivity contribution < 1.29 is 26.9 Å². The molecule has 2 unspecified atom stereocenters. The van der Waals surface area contributed by atoms with Crippen molar-refractivity contribution in [3.63, 3.8) is 0 Å². The molecule has 0 aromatic heterocycles. The number of hydrogen-bond donors (Lipinski definition) is 0. The Labute approximate surface area is 244 Å².